The number of nitrogens with one attached hydrogen (secondary N) is 1. The predicted molar refractivity (Wildman–Crippen MR) is 123 cm³/mol. The zero-order chi connectivity index (χ0) is 23.5. The van der Waals surface area contributed by atoms with Crippen LogP contribution in [0.2, 0.25) is 0 Å². The summed E-state index contributed by atoms with van der Waals surface area (Å²) in [7, 11) is 1.51. The van der Waals surface area contributed by atoms with Gasteiger partial charge in [-0.1, -0.05) is 0 Å². The molecule has 3 aromatic rings. The molecule has 0 radical (unpaired) electrons. The lowest BCUT2D eigenvalue weighted by atomic mass is 9.96. The van der Waals surface area contributed by atoms with Crippen LogP contribution in [0.15, 0.2) is 30.6 Å². The van der Waals surface area contributed by atoms with Crippen molar-refractivity contribution in [2.45, 2.75) is 56.9 Å². The first-order valence-corrected chi connectivity index (χ1v) is 11.7. The average Bonchev–Trinajstić information content (AvgIpc) is 2.89. The molecule has 5 rings (SSSR count). The summed E-state index contributed by atoms with van der Waals surface area (Å²) in [6, 6.07) is 5.68. The van der Waals surface area contributed by atoms with Crippen molar-refractivity contribution in [2.24, 2.45) is 0 Å². The summed E-state index contributed by atoms with van der Waals surface area (Å²) in [6.07, 6.45) is 5.42. The molecule has 9 heteroatoms. The minimum atomic E-state index is -0.851. The number of fused-ring (bicyclic) bond motifs is 2. The molecule has 0 aliphatic carbocycles. The molecule has 3 atom stereocenters. The minimum absolute atomic E-state index is 0.0922. The van der Waals surface area contributed by atoms with Gasteiger partial charge in [-0.15, -0.1) is 0 Å². The van der Waals surface area contributed by atoms with Gasteiger partial charge in [0.05, 0.1) is 61.7 Å². The van der Waals surface area contributed by atoms with Crippen LogP contribution in [0.25, 0.3) is 11.0 Å². The maximum absolute atomic E-state index is 14.6. The zero-order valence-corrected chi connectivity index (χ0v) is 19.2. The molecule has 3 aromatic heterocycles. The van der Waals surface area contributed by atoms with Gasteiger partial charge in [0.2, 0.25) is 5.88 Å². The monoisotopic (exact) mass is 468 g/mol. The number of rotatable bonds is 7. The smallest absolute Gasteiger partial charge is 0.213 e. The fraction of sp³-hybridized carbons (Fsp3) is 0.480. The van der Waals surface area contributed by atoms with E-state index in [-0.39, 0.29) is 18.6 Å². The lowest BCUT2D eigenvalue weighted by Gasteiger charge is -2.32. The summed E-state index contributed by atoms with van der Waals surface area (Å²) < 4.78 is 31.4. The Kier molecular flexibility index (Phi) is 6.85. The highest BCUT2D eigenvalue weighted by molar-refractivity contribution is 5.78. The largest absolute Gasteiger partial charge is 0.492 e. The highest BCUT2D eigenvalue weighted by atomic mass is 19.1. The van der Waals surface area contributed by atoms with Gasteiger partial charge in [0.1, 0.15) is 11.6 Å². The van der Waals surface area contributed by atoms with Gasteiger partial charge in [0.25, 0.3) is 0 Å². The Morgan fingerprint density at radius 2 is 2.18 bits per heavy atom. The molecule has 5 heterocycles. The van der Waals surface area contributed by atoms with Crippen LogP contribution in [0, 0.1) is 5.82 Å². The van der Waals surface area contributed by atoms with Crippen LogP contribution in [0.1, 0.15) is 36.1 Å². The third kappa shape index (κ3) is 4.96. The fourth-order valence-electron chi connectivity index (χ4n) is 4.61. The molecule has 2 N–H and O–H groups in total. The third-order valence-corrected chi connectivity index (χ3v) is 6.53. The lowest BCUT2D eigenvalue weighted by molar-refractivity contribution is -0.0719. The number of halogens is 1. The molecule has 2 aliphatic rings. The standard InChI is InChI=1S/C25H29FN4O4/c1-32-24-7-5-20-25(30-24)18(19(26)12-29-20)10-21(31)22-6-4-16(14-34-22)27-11-17-9-15-3-2-8-33-23(15)13-28-17/h5,7,9,12-13,16,21-22,27,31H,2-4,6,8,10-11,14H2,1H3/t16-,21+,22+/m1/s1. The molecule has 1 fully saturated rings. The third-order valence-electron chi connectivity index (χ3n) is 6.53. The molecule has 0 spiro atoms. The summed E-state index contributed by atoms with van der Waals surface area (Å²) >= 11 is 0. The van der Waals surface area contributed by atoms with E-state index in [2.05, 4.69) is 26.3 Å². The zero-order valence-electron chi connectivity index (χ0n) is 19.2. The van der Waals surface area contributed by atoms with Gasteiger partial charge in [-0.05, 0) is 43.4 Å². The molecule has 180 valence electrons. The Morgan fingerprint density at radius 3 is 3.00 bits per heavy atom. The Hall–Kier alpha value is -2.88. The second-order valence-electron chi connectivity index (χ2n) is 8.84. The van der Waals surface area contributed by atoms with Crippen molar-refractivity contribution in [3.63, 3.8) is 0 Å². The molecule has 0 saturated carbocycles. The molecular weight excluding hydrogens is 439 g/mol. The summed E-state index contributed by atoms with van der Waals surface area (Å²) in [5.74, 6) is 0.768. The van der Waals surface area contributed by atoms with Gasteiger partial charge < -0.3 is 24.6 Å². The highest BCUT2D eigenvalue weighted by Gasteiger charge is 2.29. The van der Waals surface area contributed by atoms with Crippen molar-refractivity contribution in [2.75, 3.05) is 20.3 Å². The number of nitrogens with zero attached hydrogens (tertiary/aromatic N) is 3. The van der Waals surface area contributed by atoms with Crippen molar-refractivity contribution >= 4 is 11.0 Å². The van der Waals surface area contributed by atoms with Gasteiger partial charge in [-0.25, -0.2) is 9.37 Å². The van der Waals surface area contributed by atoms with Crippen molar-refractivity contribution in [3.05, 3.63) is 53.2 Å². The van der Waals surface area contributed by atoms with Crippen LogP contribution in [0.5, 0.6) is 11.6 Å². The number of hydrogen-bond acceptors (Lipinski definition) is 8. The summed E-state index contributed by atoms with van der Waals surface area (Å²) in [6.45, 7) is 1.88. The maximum Gasteiger partial charge on any atom is 0.213 e. The van der Waals surface area contributed by atoms with Crippen LogP contribution >= 0.6 is 0 Å². The van der Waals surface area contributed by atoms with E-state index in [9.17, 15) is 9.50 Å². The average molecular weight is 469 g/mol. The molecule has 0 unspecified atom stereocenters. The summed E-state index contributed by atoms with van der Waals surface area (Å²) in [5, 5.41) is 14.3. The number of aromatic nitrogens is 3. The first kappa shape index (κ1) is 22.9. The highest BCUT2D eigenvalue weighted by Crippen LogP contribution is 2.26. The second-order valence-corrected chi connectivity index (χ2v) is 8.84. The van der Waals surface area contributed by atoms with Gasteiger partial charge in [-0.2, -0.15) is 0 Å². The number of methoxy groups -OCH3 is 1. The Labute approximate surface area is 197 Å². The number of ether oxygens (including phenoxy) is 3. The van der Waals surface area contributed by atoms with E-state index in [0.717, 1.165) is 37.3 Å². The number of pyridine rings is 3. The van der Waals surface area contributed by atoms with E-state index in [0.29, 0.717) is 42.0 Å². The molecular formula is C25H29FN4O4. The molecule has 34 heavy (non-hydrogen) atoms. The summed E-state index contributed by atoms with van der Waals surface area (Å²) in [4.78, 5) is 12.9. The molecule has 0 amide bonds. The van der Waals surface area contributed by atoms with Gasteiger partial charge in [-0.3, -0.25) is 9.97 Å². The number of aryl methyl sites for hydroxylation is 1. The van der Waals surface area contributed by atoms with E-state index < -0.39 is 11.9 Å². The van der Waals surface area contributed by atoms with Crippen LogP contribution in [-0.2, 0) is 24.1 Å². The molecule has 0 bridgehead atoms. The number of aliphatic hydroxyl groups excluding tert-OH is 1. The molecule has 1 saturated heterocycles. The van der Waals surface area contributed by atoms with Gasteiger partial charge in [0.15, 0.2) is 0 Å². The first-order chi connectivity index (χ1) is 16.6. The lowest BCUT2D eigenvalue weighted by Crippen LogP contribution is -2.44. The first-order valence-electron chi connectivity index (χ1n) is 11.7. The normalized spacial score (nSPS) is 21.0. The van der Waals surface area contributed by atoms with Crippen molar-refractivity contribution in [1.29, 1.82) is 0 Å². The SMILES string of the molecule is COc1ccc2ncc(F)c(C[C@H](O)[C@@H]3CC[C@@H](NCc4cc5c(cn4)OCCC5)CO3)c2n1. The Bertz CT molecular complexity index is 1150. The van der Waals surface area contributed by atoms with Crippen LogP contribution in [0.4, 0.5) is 4.39 Å². The van der Waals surface area contributed by atoms with Crippen molar-refractivity contribution < 1.29 is 23.7 Å². The Balaban J connectivity index is 1.16. The van der Waals surface area contributed by atoms with Crippen LogP contribution in [-0.4, -0.2) is 58.6 Å². The number of aliphatic hydroxyl groups is 1. The topological polar surface area (TPSA) is 98.6 Å². The van der Waals surface area contributed by atoms with E-state index in [1.165, 1.54) is 18.9 Å². The number of hydrogen-bond donors (Lipinski definition) is 2. The predicted octanol–water partition coefficient (Wildman–Crippen LogP) is 2.74. The Morgan fingerprint density at radius 1 is 1.26 bits per heavy atom. The fourth-order valence-corrected chi connectivity index (χ4v) is 4.61. The van der Waals surface area contributed by atoms with Crippen LogP contribution in [0.3, 0.4) is 0 Å². The second kappa shape index (κ2) is 10.2. The van der Waals surface area contributed by atoms with E-state index in [1.54, 1.807) is 12.1 Å². The van der Waals surface area contributed by atoms with Crippen molar-refractivity contribution in [1.82, 2.24) is 20.3 Å². The maximum atomic E-state index is 14.6. The molecule has 8 nitrogen and oxygen atoms in total. The molecule has 0 aromatic carbocycles. The van der Waals surface area contributed by atoms with Gasteiger partial charge in [0, 0.05) is 30.6 Å². The quantitative estimate of drug-likeness (QED) is 0.546. The minimum Gasteiger partial charge on any atom is -0.492 e. The van der Waals surface area contributed by atoms with E-state index in [1.807, 2.05) is 6.20 Å². The van der Waals surface area contributed by atoms with E-state index >= 15 is 0 Å². The van der Waals surface area contributed by atoms with Crippen LogP contribution < -0.4 is 14.8 Å². The van der Waals surface area contributed by atoms with E-state index in [4.69, 9.17) is 14.2 Å². The summed E-state index contributed by atoms with van der Waals surface area (Å²) in [5.41, 5.74) is 3.47. The van der Waals surface area contributed by atoms with Crippen molar-refractivity contribution in [3.8, 4) is 11.6 Å². The van der Waals surface area contributed by atoms with Gasteiger partial charge >= 0.3 is 0 Å². The molecule has 2 aliphatic heterocycles.